The summed E-state index contributed by atoms with van der Waals surface area (Å²) in [5.41, 5.74) is 1.24. The molecule has 1 saturated heterocycles. The summed E-state index contributed by atoms with van der Waals surface area (Å²) in [6.45, 7) is 6.40. The SMILES string of the molecule is C[Si](C)(C[C@H]1CC[C@@H](CCOCc2ccccc2)O1)c1ccccc1. The molecule has 134 valence electrons. The molecule has 2 nitrogen and oxygen atoms in total. The molecule has 2 atom stereocenters. The number of hydrogen-bond acceptors (Lipinski definition) is 2. The van der Waals surface area contributed by atoms with Gasteiger partial charge in [-0.3, -0.25) is 0 Å². The summed E-state index contributed by atoms with van der Waals surface area (Å²) in [6.07, 6.45) is 4.20. The van der Waals surface area contributed by atoms with E-state index in [9.17, 15) is 0 Å². The minimum Gasteiger partial charge on any atom is -0.377 e. The van der Waals surface area contributed by atoms with Crippen molar-refractivity contribution in [3.05, 3.63) is 66.2 Å². The molecule has 3 rings (SSSR count). The Labute approximate surface area is 153 Å². The topological polar surface area (TPSA) is 18.5 Å². The van der Waals surface area contributed by atoms with Gasteiger partial charge in [0.05, 0.1) is 26.9 Å². The summed E-state index contributed by atoms with van der Waals surface area (Å²) >= 11 is 0. The molecule has 0 aromatic heterocycles. The van der Waals surface area contributed by atoms with Gasteiger partial charge in [0.2, 0.25) is 0 Å². The molecule has 3 heteroatoms. The van der Waals surface area contributed by atoms with Crippen LogP contribution in [-0.4, -0.2) is 26.9 Å². The van der Waals surface area contributed by atoms with Gasteiger partial charge >= 0.3 is 0 Å². The predicted octanol–water partition coefficient (Wildman–Crippen LogP) is 4.76. The molecule has 0 saturated carbocycles. The first-order valence-electron chi connectivity index (χ1n) is 9.46. The Bertz CT molecular complexity index is 627. The highest BCUT2D eigenvalue weighted by molar-refractivity contribution is 6.89. The molecule has 1 aliphatic heterocycles. The zero-order chi connectivity index (χ0) is 17.5. The molecule has 1 heterocycles. The van der Waals surface area contributed by atoms with Gasteiger partial charge in [0.25, 0.3) is 0 Å². The van der Waals surface area contributed by atoms with Crippen molar-refractivity contribution in [3.8, 4) is 0 Å². The lowest BCUT2D eigenvalue weighted by Gasteiger charge is -2.26. The minimum atomic E-state index is -1.41. The third-order valence-electron chi connectivity index (χ3n) is 5.18. The van der Waals surface area contributed by atoms with Crippen LogP contribution in [0.4, 0.5) is 0 Å². The van der Waals surface area contributed by atoms with Crippen molar-refractivity contribution in [3.63, 3.8) is 0 Å². The summed E-state index contributed by atoms with van der Waals surface area (Å²) in [6, 6.07) is 22.6. The maximum atomic E-state index is 6.33. The average molecular weight is 355 g/mol. The summed E-state index contributed by atoms with van der Waals surface area (Å²) in [5, 5.41) is 1.54. The second-order valence-electron chi connectivity index (χ2n) is 7.74. The summed E-state index contributed by atoms with van der Waals surface area (Å²) in [5.74, 6) is 0. The first-order chi connectivity index (χ1) is 12.1. The van der Waals surface area contributed by atoms with Crippen LogP contribution >= 0.6 is 0 Å². The molecular formula is C22H30O2Si. The average Bonchev–Trinajstić information content (AvgIpc) is 3.07. The van der Waals surface area contributed by atoms with Crippen LogP contribution in [0.5, 0.6) is 0 Å². The maximum Gasteiger partial charge on any atom is 0.0831 e. The first kappa shape index (κ1) is 18.4. The van der Waals surface area contributed by atoms with E-state index in [4.69, 9.17) is 9.47 Å². The summed E-state index contributed by atoms with van der Waals surface area (Å²) < 4.78 is 12.1. The highest BCUT2D eigenvalue weighted by Gasteiger charge is 2.32. The van der Waals surface area contributed by atoms with Gasteiger partial charge in [-0.15, -0.1) is 0 Å². The fourth-order valence-corrected chi connectivity index (χ4v) is 6.47. The Morgan fingerprint density at radius 1 is 0.920 bits per heavy atom. The molecule has 0 aliphatic carbocycles. The number of hydrogen-bond donors (Lipinski definition) is 0. The number of benzene rings is 2. The second kappa shape index (κ2) is 8.79. The quantitative estimate of drug-likeness (QED) is 0.503. The van der Waals surface area contributed by atoms with Crippen LogP contribution < -0.4 is 5.19 Å². The van der Waals surface area contributed by atoms with Crippen LogP contribution in [0, 0.1) is 0 Å². The van der Waals surface area contributed by atoms with Crippen LogP contribution in [0.1, 0.15) is 24.8 Å². The highest BCUT2D eigenvalue weighted by atomic mass is 28.3. The molecular weight excluding hydrogens is 324 g/mol. The Morgan fingerprint density at radius 3 is 2.28 bits per heavy atom. The van der Waals surface area contributed by atoms with Crippen LogP contribution in [0.2, 0.25) is 19.1 Å². The third kappa shape index (κ3) is 5.53. The van der Waals surface area contributed by atoms with Gasteiger partial charge in [0, 0.05) is 6.61 Å². The van der Waals surface area contributed by atoms with E-state index in [-0.39, 0.29) is 0 Å². The van der Waals surface area contributed by atoms with Gasteiger partial charge < -0.3 is 9.47 Å². The van der Waals surface area contributed by atoms with Crippen LogP contribution in [0.15, 0.2) is 60.7 Å². The van der Waals surface area contributed by atoms with Gasteiger partial charge in [0.15, 0.2) is 0 Å². The van der Waals surface area contributed by atoms with Crippen molar-refractivity contribution in [1.82, 2.24) is 0 Å². The predicted molar refractivity (Wildman–Crippen MR) is 107 cm³/mol. The standard InChI is InChI=1S/C22H30O2Si/c1-25(2,22-11-7-4-8-12-22)18-21-14-13-20(24-21)15-16-23-17-19-9-5-3-6-10-19/h3-12,20-21H,13-18H2,1-2H3/t20-,21+/m0/s1. The van der Waals surface area contributed by atoms with Crippen molar-refractivity contribution < 1.29 is 9.47 Å². The second-order valence-corrected chi connectivity index (χ2v) is 12.5. The van der Waals surface area contributed by atoms with E-state index in [0.717, 1.165) is 13.0 Å². The number of ether oxygens (including phenoxy) is 2. The maximum absolute atomic E-state index is 6.33. The smallest absolute Gasteiger partial charge is 0.0831 e. The highest BCUT2D eigenvalue weighted by Crippen LogP contribution is 2.28. The van der Waals surface area contributed by atoms with Crippen molar-refractivity contribution in [2.45, 2.75) is 57.2 Å². The fraction of sp³-hybridized carbons (Fsp3) is 0.455. The van der Waals surface area contributed by atoms with Gasteiger partial charge in [-0.25, -0.2) is 0 Å². The summed E-state index contributed by atoms with van der Waals surface area (Å²) in [7, 11) is -1.41. The third-order valence-corrected chi connectivity index (χ3v) is 8.56. The molecule has 0 unspecified atom stereocenters. The van der Waals surface area contributed by atoms with Crippen molar-refractivity contribution in [2.24, 2.45) is 0 Å². The Kier molecular flexibility index (Phi) is 6.46. The molecule has 1 aliphatic rings. The van der Waals surface area contributed by atoms with Crippen LogP contribution in [-0.2, 0) is 16.1 Å². The minimum absolute atomic E-state index is 0.376. The monoisotopic (exact) mass is 354 g/mol. The lowest BCUT2D eigenvalue weighted by atomic mass is 10.1. The van der Waals surface area contributed by atoms with Crippen LogP contribution in [0.3, 0.4) is 0 Å². The van der Waals surface area contributed by atoms with E-state index >= 15 is 0 Å². The molecule has 2 aromatic carbocycles. The van der Waals surface area contributed by atoms with E-state index < -0.39 is 8.07 Å². The molecule has 0 spiro atoms. The van der Waals surface area contributed by atoms with Crippen molar-refractivity contribution >= 4 is 13.3 Å². The Balaban J connectivity index is 1.38. The van der Waals surface area contributed by atoms with Gasteiger partial charge in [-0.1, -0.05) is 78.9 Å². The van der Waals surface area contributed by atoms with Gasteiger partial charge in [-0.2, -0.15) is 0 Å². The molecule has 0 amide bonds. The zero-order valence-electron chi connectivity index (χ0n) is 15.5. The van der Waals surface area contributed by atoms with E-state index in [1.807, 2.05) is 6.07 Å². The number of rotatable bonds is 8. The van der Waals surface area contributed by atoms with Gasteiger partial charge in [-0.05, 0) is 30.9 Å². The molecule has 0 N–H and O–H groups in total. The van der Waals surface area contributed by atoms with Crippen molar-refractivity contribution in [1.29, 1.82) is 0 Å². The largest absolute Gasteiger partial charge is 0.377 e. The zero-order valence-corrected chi connectivity index (χ0v) is 16.5. The molecule has 0 bridgehead atoms. The van der Waals surface area contributed by atoms with E-state index in [2.05, 4.69) is 67.7 Å². The molecule has 0 radical (unpaired) electrons. The lowest BCUT2D eigenvalue weighted by molar-refractivity contribution is 0.0230. The molecule has 25 heavy (non-hydrogen) atoms. The molecule has 1 fully saturated rings. The normalized spacial score (nSPS) is 20.7. The van der Waals surface area contributed by atoms with E-state index in [1.165, 1.54) is 29.6 Å². The van der Waals surface area contributed by atoms with Gasteiger partial charge in [0.1, 0.15) is 0 Å². The Morgan fingerprint density at radius 2 is 1.56 bits per heavy atom. The lowest BCUT2D eigenvalue weighted by Crippen LogP contribution is -2.43. The summed E-state index contributed by atoms with van der Waals surface area (Å²) in [4.78, 5) is 0. The Hall–Kier alpha value is -1.42. The van der Waals surface area contributed by atoms with E-state index in [0.29, 0.717) is 18.8 Å². The van der Waals surface area contributed by atoms with E-state index in [1.54, 1.807) is 0 Å². The van der Waals surface area contributed by atoms with Crippen molar-refractivity contribution in [2.75, 3.05) is 6.61 Å². The molecule has 2 aromatic rings. The first-order valence-corrected chi connectivity index (χ1v) is 12.7. The fourth-order valence-electron chi connectivity index (χ4n) is 3.70. The van der Waals surface area contributed by atoms with Crippen LogP contribution in [0.25, 0.3) is 0 Å².